The summed E-state index contributed by atoms with van der Waals surface area (Å²) >= 11 is 4.82. The first-order chi connectivity index (χ1) is 6.12. The van der Waals surface area contributed by atoms with Gasteiger partial charge in [-0.2, -0.15) is 13.2 Å². The summed E-state index contributed by atoms with van der Waals surface area (Å²) in [4.78, 5) is 0. The van der Waals surface area contributed by atoms with Crippen molar-refractivity contribution in [2.45, 2.75) is 32.5 Å². The SMILES string of the molecule is CC(C)(C)n1[nH]c(C(F)(F)F)cc1=S. The van der Waals surface area contributed by atoms with Crippen molar-refractivity contribution in [1.29, 1.82) is 0 Å². The predicted molar refractivity (Wildman–Crippen MR) is 49.6 cm³/mol. The van der Waals surface area contributed by atoms with Crippen molar-refractivity contribution in [2.75, 3.05) is 0 Å². The number of aromatic amines is 1. The lowest BCUT2D eigenvalue weighted by atomic mass is 10.1. The largest absolute Gasteiger partial charge is 0.432 e. The first-order valence-electron chi connectivity index (χ1n) is 4.02. The standard InChI is InChI=1S/C8H11F3N2S/c1-7(2,3)13-6(14)4-5(12-13)8(9,10)11/h4,12H,1-3H3. The lowest BCUT2D eigenvalue weighted by Gasteiger charge is -2.20. The zero-order chi connectivity index (χ0) is 11.1. The Bertz CT molecular complexity index is 381. The van der Waals surface area contributed by atoms with E-state index in [2.05, 4.69) is 5.10 Å². The molecule has 0 radical (unpaired) electrons. The van der Waals surface area contributed by atoms with Crippen molar-refractivity contribution >= 4 is 12.2 Å². The zero-order valence-corrected chi connectivity index (χ0v) is 8.88. The quantitative estimate of drug-likeness (QED) is 0.670. The Morgan fingerprint density at radius 1 is 1.29 bits per heavy atom. The molecule has 14 heavy (non-hydrogen) atoms. The third-order valence-corrected chi connectivity index (χ3v) is 2.00. The predicted octanol–water partition coefficient (Wildman–Crippen LogP) is 3.32. The average molecular weight is 224 g/mol. The van der Waals surface area contributed by atoms with Crippen molar-refractivity contribution in [3.63, 3.8) is 0 Å². The van der Waals surface area contributed by atoms with Crippen LogP contribution >= 0.6 is 12.2 Å². The van der Waals surface area contributed by atoms with Crippen LogP contribution in [0.5, 0.6) is 0 Å². The molecule has 0 aromatic carbocycles. The molecular formula is C8H11F3N2S. The molecule has 2 nitrogen and oxygen atoms in total. The van der Waals surface area contributed by atoms with Gasteiger partial charge in [0.1, 0.15) is 10.3 Å². The first kappa shape index (κ1) is 11.3. The molecule has 0 aliphatic heterocycles. The minimum Gasteiger partial charge on any atom is -0.293 e. The molecule has 1 aromatic heterocycles. The fraction of sp³-hybridized carbons (Fsp3) is 0.625. The topological polar surface area (TPSA) is 20.7 Å². The monoisotopic (exact) mass is 224 g/mol. The number of hydrogen-bond donors (Lipinski definition) is 1. The first-order valence-corrected chi connectivity index (χ1v) is 4.43. The summed E-state index contributed by atoms with van der Waals surface area (Å²) in [5, 5.41) is 2.25. The highest BCUT2D eigenvalue weighted by Crippen LogP contribution is 2.29. The van der Waals surface area contributed by atoms with Crippen LogP contribution in [0, 0.1) is 4.64 Å². The molecule has 0 aliphatic rings. The second kappa shape index (κ2) is 3.12. The van der Waals surface area contributed by atoms with Crippen LogP contribution in [0.2, 0.25) is 0 Å². The lowest BCUT2D eigenvalue weighted by Crippen LogP contribution is -2.24. The smallest absolute Gasteiger partial charge is 0.293 e. The van der Waals surface area contributed by atoms with Crippen molar-refractivity contribution in [3.05, 3.63) is 16.4 Å². The molecule has 1 rings (SSSR count). The number of H-pyrrole nitrogens is 1. The highest BCUT2D eigenvalue weighted by atomic mass is 32.1. The normalized spacial score (nSPS) is 13.3. The van der Waals surface area contributed by atoms with E-state index in [1.54, 1.807) is 20.8 Å². The Labute approximate surface area is 84.7 Å². The summed E-state index contributed by atoms with van der Waals surface area (Å²) in [7, 11) is 0. The minimum atomic E-state index is -4.37. The molecule has 80 valence electrons. The Morgan fingerprint density at radius 2 is 1.79 bits per heavy atom. The van der Waals surface area contributed by atoms with Crippen molar-refractivity contribution < 1.29 is 13.2 Å². The maximum atomic E-state index is 12.3. The van der Waals surface area contributed by atoms with Crippen LogP contribution < -0.4 is 0 Å². The van der Waals surface area contributed by atoms with Crippen molar-refractivity contribution in [1.82, 2.24) is 9.78 Å². The van der Waals surface area contributed by atoms with Gasteiger partial charge in [-0.3, -0.25) is 9.78 Å². The fourth-order valence-corrected chi connectivity index (χ4v) is 1.48. The highest BCUT2D eigenvalue weighted by Gasteiger charge is 2.34. The van der Waals surface area contributed by atoms with Gasteiger partial charge in [-0.25, -0.2) is 0 Å². The van der Waals surface area contributed by atoms with E-state index >= 15 is 0 Å². The van der Waals surface area contributed by atoms with E-state index in [0.29, 0.717) is 0 Å². The van der Waals surface area contributed by atoms with Crippen LogP contribution in [0.3, 0.4) is 0 Å². The van der Waals surface area contributed by atoms with E-state index < -0.39 is 17.4 Å². The molecular weight excluding hydrogens is 213 g/mol. The van der Waals surface area contributed by atoms with Crippen LogP contribution in [-0.4, -0.2) is 9.78 Å². The Morgan fingerprint density at radius 3 is 2.00 bits per heavy atom. The molecule has 1 aromatic rings. The van der Waals surface area contributed by atoms with Crippen LogP contribution in [0.25, 0.3) is 0 Å². The average Bonchev–Trinajstić information content (AvgIpc) is 2.27. The van der Waals surface area contributed by atoms with Gasteiger partial charge in [0.05, 0.1) is 5.54 Å². The van der Waals surface area contributed by atoms with Gasteiger partial charge < -0.3 is 0 Å². The molecule has 0 saturated carbocycles. The molecule has 0 fully saturated rings. The zero-order valence-electron chi connectivity index (χ0n) is 8.07. The number of aromatic nitrogens is 2. The molecule has 1 N–H and O–H groups in total. The van der Waals surface area contributed by atoms with Crippen molar-refractivity contribution in [2.24, 2.45) is 0 Å². The summed E-state index contributed by atoms with van der Waals surface area (Å²) in [5.41, 5.74) is -1.28. The minimum absolute atomic E-state index is 0.157. The van der Waals surface area contributed by atoms with Gasteiger partial charge in [-0.05, 0) is 20.8 Å². The summed E-state index contributed by atoms with van der Waals surface area (Å²) < 4.78 is 38.3. The molecule has 0 atom stereocenters. The van der Waals surface area contributed by atoms with E-state index in [-0.39, 0.29) is 4.64 Å². The lowest BCUT2D eigenvalue weighted by molar-refractivity contribution is -0.141. The second-order valence-electron chi connectivity index (χ2n) is 4.01. The summed E-state index contributed by atoms with van der Waals surface area (Å²) in [6.45, 7) is 5.33. The van der Waals surface area contributed by atoms with Gasteiger partial charge in [0.15, 0.2) is 0 Å². The number of rotatable bonds is 0. The number of nitrogens with zero attached hydrogens (tertiary/aromatic N) is 1. The number of nitrogens with one attached hydrogen (secondary N) is 1. The highest BCUT2D eigenvalue weighted by molar-refractivity contribution is 7.71. The molecule has 0 unspecified atom stereocenters. The van der Waals surface area contributed by atoms with Crippen LogP contribution in [0.1, 0.15) is 26.5 Å². The maximum absolute atomic E-state index is 12.3. The van der Waals surface area contributed by atoms with E-state index in [0.717, 1.165) is 6.07 Å². The van der Waals surface area contributed by atoms with Crippen LogP contribution in [0.4, 0.5) is 13.2 Å². The van der Waals surface area contributed by atoms with Crippen LogP contribution in [0.15, 0.2) is 6.07 Å². The van der Waals surface area contributed by atoms with Gasteiger partial charge in [0.25, 0.3) is 0 Å². The van der Waals surface area contributed by atoms with E-state index in [4.69, 9.17) is 12.2 Å². The van der Waals surface area contributed by atoms with Gasteiger partial charge >= 0.3 is 6.18 Å². The third-order valence-electron chi connectivity index (χ3n) is 1.70. The van der Waals surface area contributed by atoms with Gasteiger partial charge in [-0.15, -0.1) is 0 Å². The molecule has 1 heterocycles. The number of hydrogen-bond acceptors (Lipinski definition) is 1. The van der Waals surface area contributed by atoms with Crippen LogP contribution in [-0.2, 0) is 11.7 Å². The van der Waals surface area contributed by atoms with E-state index in [1.807, 2.05) is 0 Å². The van der Waals surface area contributed by atoms with E-state index in [1.165, 1.54) is 4.68 Å². The summed E-state index contributed by atoms with van der Waals surface area (Å²) in [5.74, 6) is 0. The second-order valence-corrected chi connectivity index (χ2v) is 4.43. The Kier molecular flexibility index (Phi) is 2.51. The summed E-state index contributed by atoms with van der Waals surface area (Å²) in [6.07, 6.45) is -4.37. The maximum Gasteiger partial charge on any atom is 0.432 e. The fourth-order valence-electron chi connectivity index (χ4n) is 1.04. The molecule has 0 amide bonds. The number of alkyl halides is 3. The third kappa shape index (κ3) is 2.17. The van der Waals surface area contributed by atoms with Crippen molar-refractivity contribution in [3.8, 4) is 0 Å². The molecule has 0 spiro atoms. The van der Waals surface area contributed by atoms with Gasteiger partial charge in [0, 0.05) is 6.07 Å². The Hall–Kier alpha value is -0.780. The summed E-state index contributed by atoms with van der Waals surface area (Å²) in [6, 6.07) is 0.931. The van der Waals surface area contributed by atoms with E-state index in [9.17, 15) is 13.2 Å². The number of halogens is 3. The molecule has 0 aliphatic carbocycles. The Balaban J connectivity index is 3.26. The van der Waals surface area contributed by atoms with Gasteiger partial charge in [-0.1, -0.05) is 12.2 Å². The molecule has 0 bridgehead atoms. The molecule has 6 heteroatoms. The molecule has 0 saturated heterocycles. The van der Waals surface area contributed by atoms with Gasteiger partial charge in [0.2, 0.25) is 0 Å².